The topological polar surface area (TPSA) is 29.5 Å². The van der Waals surface area contributed by atoms with Crippen LogP contribution in [0.1, 0.15) is 74.7 Å². The smallest absolute Gasteiger partial charge is 0.115 e. The van der Waals surface area contributed by atoms with Crippen LogP contribution in [0.5, 0.6) is 0 Å². The van der Waals surface area contributed by atoms with Crippen LogP contribution in [0.4, 0.5) is 0 Å². The first kappa shape index (κ1) is 29.7. The third-order valence-electron chi connectivity index (χ3n) is 5.08. The molecule has 0 aromatic carbocycles. The van der Waals surface area contributed by atoms with Crippen molar-refractivity contribution in [3.8, 4) is 0 Å². The van der Waals surface area contributed by atoms with E-state index in [2.05, 4.69) is 83.7 Å². The van der Waals surface area contributed by atoms with Gasteiger partial charge in [-0.2, -0.15) is 0 Å². The van der Waals surface area contributed by atoms with Gasteiger partial charge in [0.05, 0.1) is 12.2 Å². The second-order valence-corrected chi connectivity index (χ2v) is 8.89. The highest BCUT2D eigenvalue weighted by molar-refractivity contribution is 5.31. The normalized spacial score (nSPS) is 16.6. The van der Waals surface area contributed by atoms with E-state index in [1.165, 1.54) is 11.1 Å². The van der Waals surface area contributed by atoms with E-state index in [4.69, 9.17) is 4.74 Å². The Hall–Kier alpha value is -2.32. The van der Waals surface area contributed by atoms with Crippen LogP contribution in [0.25, 0.3) is 0 Å². The molecule has 2 nitrogen and oxygen atoms in total. The summed E-state index contributed by atoms with van der Waals surface area (Å²) in [4.78, 5) is 0. The van der Waals surface area contributed by atoms with Crippen LogP contribution in [0.15, 0.2) is 95.4 Å². The standard InChI is InChI=1S/C30H46O2/c1-10-15-30(28(8)31)22-27(7)32-29(9)26(6)21-14-20-25(5)18-12-11-17-24(4)19-13-16-23(2)3/h11-14,16-21,27-28,30-31H,9-10,15,22H2,1-8H3/b12-11+,19-13+,20-14+,24-17+,25-18+,26-21+. The lowest BCUT2D eigenvalue weighted by molar-refractivity contribution is 0.0585. The number of ether oxygens (including phenoxy) is 1. The molecule has 0 bridgehead atoms. The number of hydrogen-bond donors (Lipinski definition) is 1. The maximum atomic E-state index is 9.94. The van der Waals surface area contributed by atoms with Crippen molar-refractivity contribution in [1.29, 1.82) is 0 Å². The van der Waals surface area contributed by atoms with Crippen molar-refractivity contribution in [2.45, 2.75) is 86.9 Å². The number of aliphatic hydroxyl groups is 1. The molecule has 0 amide bonds. The monoisotopic (exact) mass is 438 g/mol. The van der Waals surface area contributed by atoms with Gasteiger partial charge < -0.3 is 9.84 Å². The molecule has 0 aromatic heterocycles. The number of hydrogen-bond acceptors (Lipinski definition) is 2. The van der Waals surface area contributed by atoms with E-state index in [9.17, 15) is 5.11 Å². The second kappa shape index (κ2) is 17.3. The van der Waals surface area contributed by atoms with Gasteiger partial charge in [0, 0.05) is 0 Å². The highest BCUT2D eigenvalue weighted by Crippen LogP contribution is 2.22. The fraction of sp³-hybridized carbons (Fsp3) is 0.467. The van der Waals surface area contributed by atoms with Crippen LogP contribution in [0.2, 0.25) is 0 Å². The van der Waals surface area contributed by atoms with E-state index in [-0.39, 0.29) is 18.1 Å². The molecule has 0 spiro atoms. The largest absolute Gasteiger partial charge is 0.491 e. The first-order valence-electron chi connectivity index (χ1n) is 11.8. The van der Waals surface area contributed by atoms with Crippen LogP contribution < -0.4 is 0 Å². The van der Waals surface area contributed by atoms with Crippen molar-refractivity contribution < 1.29 is 9.84 Å². The number of aliphatic hydroxyl groups excluding tert-OH is 1. The van der Waals surface area contributed by atoms with Crippen molar-refractivity contribution in [3.05, 3.63) is 95.4 Å². The predicted molar refractivity (Wildman–Crippen MR) is 143 cm³/mol. The van der Waals surface area contributed by atoms with Crippen LogP contribution in [0, 0.1) is 5.92 Å². The molecular weight excluding hydrogens is 392 g/mol. The lowest BCUT2D eigenvalue weighted by Gasteiger charge is -2.24. The number of allylic oxidation sites excluding steroid dienone is 14. The van der Waals surface area contributed by atoms with Gasteiger partial charge in [-0.1, -0.05) is 97.4 Å². The molecule has 32 heavy (non-hydrogen) atoms. The van der Waals surface area contributed by atoms with Crippen LogP contribution in [-0.4, -0.2) is 17.3 Å². The summed E-state index contributed by atoms with van der Waals surface area (Å²) < 4.78 is 5.99. The Morgan fingerprint density at radius 3 is 1.84 bits per heavy atom. The molecule has 0 aliphatic carbocycles. The second-order valence-electron chi connectivity index (χ2n) is 8.89. The Morgan fingerprint density at radius 1 is 0.844 bits per heavy atom. The van der Waals surface area contributed by atoms with E-state index < -0.39 is 0 Å². The average Bonchev–Trinajstić information content (AvgIpc) is 2.70. The molecule has 0 saturated carbocycles. The molecule has 0 aliphatic rings. The molecule has 0 aromatic rings. The van der Waals surface area contributed by atoms with Gasteiger partial charge in [0.25, 0.3) is 0 Å². The van der Waals surface area contributed by atoms with Crippen LogP contribution >= 0.6 is 0 Å². The zero-order chi connectivity index (χ0) is 24.5. The van der Waals surface area contributed by atoms with E-state index in [0.717, 1.165) is 30.4 Å². The quantitative estimate of drug-likeness (QED) is 0.217. The van der Waals surface area contributed by atoms with E-state index in [0.29, 0.717) is 5.76 Å². The Morgan fingerprint density at radius 2 is 1.38 bits per heavy atom. The Kier molecular flexibility index (Phi) is 16.0. The van der Waals surface area contributed by atoms with Crippen molar-refractivity contribution >= 4 is 0 Å². The maximum absolute atomic E-state index is 9.94. The van der Waals surface area contributed by atoms with Gasteiger partial charge in [-0.15, -0.1) is 0 Å². The molecular formula is C30H46O2. The van der Waals surface area contributed by atoms with Gasteiger partial charge in [-0.3, -0.25) is 0 Å². The summed E-state index contributed by atoms with van der Waals surface area (Å²) in [6.07, 6.45) is 23.3. The molecule has 0 aliphatic heterocycles. The third-order valence-corrected chi connectivity index (χ3v) is 5.08. The summed E-state index contributed by atoms with van der Waals surface area (Å²) in [5, 5.41) is 9.94. The molecule has 0 saturated heterocycles. The molecule has 0 heterocycles. The molecule has 3 atom stereocenters. The van der Waals surface area contributed by atoms with E-state index in [1.807, 2.05) is 39.0 Å². The van der Waals surface area contributed by atoms with E-state index in [1.54, 1.807) is 0 Å². The van der Waals surface area contributed by atoms with Crippen molar-refractivity contribution in [2.24, 2.45) is 5.92 Å². The fourth-order valence-electron chi connectivity index (χ4n) is 3.09. The third kappa shape index (κ3) is 15.5. The molecule has 0 fully saturated rings. The van der Waals surface area contributed by atoms with Crippen molar-refractivity contribution in [2.75, 3.05) is 0 Å². The van der Waals surface area contributed by atoms with Crippen molar-refractivity contribution in [3.63, 3.8) is 0 Å². The minimum absolute atomic E-state index is 0.0288. The zero-order valence-corrected chi connectivity index (χ0v) is 21.7. The molecule has 178 valence electrons. The van der Waals surface area contributed by atoms with Crippen LogP contribution in [-0.2, 0) is 4.74 Å². The van der Waals surface area contributed by atoms with Crippen molar-refractivity contribution in [1.82, 2.24) is 0 Å². The molecule has 0 radical (unpaired) electrons. The fourth-order valence-corrected chi connectivity index (χ4v) is 3.09. The van der Waals surface area contributed by atoms with Gasteiger partial charge in [-0.05, 0) is 72.8 Å². The predicted octanol–water partition coefficient (Wildman–Crippen LogP) is 8.57. The minimum atomic E-state index is -0.309. The molecule has 1 N–H and O–H groups in total. The van der Waals surface area contributed by atoms with Gasteiger partial charge in [0.1, 0.15) is 5.76 Å². The minimum Gasteiger partial charge on any atom is -0.491 e. The van der Waals surface area contributed by atoms with Gasteiger partial charge in [0.2, 0.25) is 0 Å². The highest BCUT2D eigenvalue weighted by atomic mass is 16.5. The van der Waals surface area contributed by atoms with Gasteiger partial charge in [0.15, 0.2) is 0 Å². The summed E-state index contributed by atoms with van der Waals surface area (Å²) in [5.41, 5.74) is 4.67. The lowest BCUT2D eigenvalue weighted by atomic mass is 9.92. The zero-order valence-electron chi connectivity index (χ0n) is 21.7. The molecule has 2 heteroatoms. The molecule has 3 unspecified atom stereocenters. The summed E-state index contributed by atoms with van der Waals surface area (Å²) in [6, 6.07) is 0. The Bertz CT molecular complexity index is 763. The summed E-state index contributed by atoms with van der Waals surface area (Å²) in [7, 11) is 0. The maximum Gasteiger partial charge on any atom is 0.115 e. The number of rotatable bonds is 14. The van der Waals surface area contributed by atoms with E-state index >= 15 is 0 Å². The highest BCUT2D eigenvalue weighted by Gasteiger charge is 2.18. The first-order valence-corrected chi connectivity index (χ1v) is 11.8. The Labute approximate surface area is 198 Å². The average molecular weight is 439 g/mol. The lowest BCUT2D eigenvalue weighted by Crippen LogP contribution is -2.22. The van der Waals surface area contributed by atoms with Gasteiger partial charge >= 0.3 is 0 Å². The van der Waals surface area contributed by atoms with Gasteiger partial charge in [-0.25, -0.2) is 0 Å². The summed E-state index contributed by atoms with van der Waals surface area (Å²) in [6.45, 7) is 20.5. The SMILES string of the molecule is C=C(OC(C)CC(CCC)C(C)O)/C(C)=C/C=C/C(C)=C/C=C/C=C(C)/C=C/C=C(C)C. The summed E-state index contributed by atoms with van der Waals surface area (Å²) >= 11 is 0. The summed E-state index contributed by atoms with van der Waals surface area (Å²) in [5.74, 6) is 0.950. The Balaban J connectivity index is 4.72. The first-order chi connectivity index (χ1) is 15.1. The molecule has 0 rings (SSSR count). The van der Waals surface area contributed by atoms with Crippen LogP contribution in [0.3, 0.4) is 0 Å².